The van der Waals surface area contributed by atoms with Crippen LogP contribution in [0.4, 0.5) is 0 Å². The first kappa shape index (κ1) is 23.3. The van der Waals surface area contributed by atoms with Crippen LogP contribution in [-0.2, 0) is 13.5 Å². The van der Waals surface area contributed by atoms with Crippen molar-refractivity contribution < 1.29 is 9.53 Å². The van der Waals surface area contributed by atoms with Crippen molar-refractivity contribution in [2.24, 2.45) is 7.05 Å². The first-order chi connectivity index (χ1) is 18.0. The average Bonchev–Trinajstić information content (AvgIpc) is 3.22. The Hall–Kier alpha value is -4.10. The fourth-order valence-electron chi connectivity index (χ4n) is 5.43. The molecule has 5 aromatic rings. The highest BCUT2D eigenvalue weighted by molar-refractivity contribution is 6.32. The molecule has 0 radical (unpaired) electrons. The topological polar surface area (TPSA) is 78.2 Å². The van der Waals surface area contributed by atoms with E-state index in [9.17, 15) is 9.59 Å². The number of benzene rings is 3. The van der Waals surface area contributed by atoms with Crippen molar-refractivity contribution in [3.05, 3.63) is 98.9 Å². The summed E-state index contributed by atoms with van der Waals surface area (Å²) < 4.78 is 8.33. The summed E-state index contributed by atoms with van der Waals surface area (Å²) in [5.74, 6) is 0.162. The zero-order valence-corrected chi connectivity index (χ0v) is 21.2. The molecule has 3 aromatic carbocycles. The fraction of sp³-hybridized carbons (Fsp3) is 0.207. The van der Waals surface area contributed by atoms with Gasteiger partial charge in [0.2, 0.25) is 0 Å². The van der Waals surface area contributed by atoms with E-state index in [0.29, 0.717) is 27.4 Å². The summed E-state index contributed by atoms with van der Waals surface area (Å²) in [4.78, 5) is 27.7. The number of fused-ring (bicyclic) bond motifs is 4. The zero-order chi connectivity index (χ0) is 25.7. The van der Waals surface area contributed by atoms with Gasteiger partial charge in [0, 0.05) is 23.3 Å². The standard InChI is InChI=1S/C29H25ClN4O3/c1-33-23-13-6-5-11-20(23)25-26(28(35)31-22-12-7-9-17-8-3-4-10-19(17)22)32-34(29(36)27(25)33)18-14-15-24(37-2)21(30)16-18/h3-6,8,10-11,13-16,22H,7,9,12H2,1-2H3,(H,31,35)/t22-/m1/s1. The number of nitrogens with one attached hydrogen (secondary N) is 1. The number of hydrogen-bond donors (Lipinski definition) is 1. The van der Waals surface area contributed by atoms with Crippen LogP contribution in [0.25, 0.3) is 27.5 Å². The highest BCUT2D eigenvalue weighted by Gasteiger charge is 2.27. The molecule has 0 saturated carbocycles. The molecule has 0 fully saturated rings. The number of carbonyl (C=O) groups is 1. The van der Waals surface area contributed by atoms with E-state index in [-0.39, 0.29) is 23.2 Å². The molecule has 1 N–H and O–H groups in total. The van der Waals surface area contributed by atoms with Gasteiger partial charge in [0.25, 0.3) is 11.5 Å². The van der Waals surface area contributed by atoms with Crippen molar-refractivity contribution in [2.45, 2.75) is 25.3 Å². The molecular formula is C29H25ClN4O3. The summed E-state index contributed by atoms with van der Waals surface area (Å²) in [7, 11) is 3.36. The molecule has 1 aliphatic carbocycles. The second-order valence-electron chi connectivity index (χ2n) is 9.30. The van der Waals surface area contributed by atoms with Crippen molar-refractivity contribution in [1.29, 1.82) is 0 Å². The maximum atomic E-state index is 13.9. The van der Waals surface area contributed by atoms with Crippen LogP contribution in [0.1, 0.15) is 40.5 Å². The summed E-state index contributed by atoms with van der Waals surface area (Å²) in [5, 5.41) is 9.53. The summed E-state index contributed by atoms with van der Waals surface area (Å²) in [5.41, 5.74) is 3.93. The SMILES string of the molecule is COc1ccc(-n2nc(C(=O)N[C@@H]3CCCc4ccccc43)c3c4ccccc4n(C)c3c2=O)cc1Cl. The number of ether oxygens (including phenoxy) is 1. The number of para-hydroxylation sites is 1. The van der Waals surface area contributed by atoms with Crippen LogP contribution in [0, 0.1) is 0 Å². The molecule has 1 atom stereocenters. The Bertz CT molecular complexity index is 1750. The maximum Gasteiger partial charge on any atom is 0.296 e. The first-order valence-corrected chi connectivity index (χ1v) is 12.6. The van der Waals surface area contributed by atoms with Gasteiger partial charge < -0.3 is 14.6 Å². The number of rotatable bonds is 4. The minimum Gasteiger partial charge on any atom is -0.495 e. The third kappa shape index (κ3) is 3.78. The molecule has 7 nitrogen and oxygen atoms in total. The fourth-order valence-corrected chi connectivity index (χ4v) is 5.68. The van der Waals surface area contributed by atoms with Gasteiger partial charge in [-0.3, -0.25) is 9.59 Å². The Morgan fingerprint density at radius 1 is 1.11 bits per heavy atom. The molecule has 37 heavy (non-hydrogen) atoms. The Morgan fingerprint density at radius 2 is 1.89 bits per heavy atom. The number of hydrogen-bond acceptors (Lipinski definition) is 4. The number of methoxy groups -OCH3 is 1. The Balaban J connectivity index is 1.56. The minimum atomic E-state index is -0.338. The van der Waals surface area contributed by atoms with E-state index in [4.69, 9.17) is 16.3 Å². The summed E-state index contributed by atoms with van der Waals surface area (Å²) in [6.07, 6.45) is 2.83. The lowest BCUT2D eigenvalue weighted by atomic mass is 9.87. The van der Waals surface area contributed by atoms with Crippen molar-refractivity contribution in [1.82, 2.24) is 19.7 Å². The van der Waals surface area contributed by atoms with Gasteiger partial charge in [-0.25, -0.2) is 0 Å². The number of nitrogens with zero attached hydrogens (tertiary/aromatic N) is 3. The predicted molar refractivity (Wildman–Crippen MR) is 145 cm³/mol. The Labute approximate surface area is 218 Å². The smallest absolute Gasteiger partial charge is 0.296 e. The molecule has 2 aromatic heterocycles. The molecule has 1 amide bonds. The predicted octanol–water partition coefficient (Wildman–Crippen LogP) is 5.35. The Kier molecular flexibility index (Phi) is 5.72. The van der Waals surface area contributed by atoms with E-state index >= 15 is 0 Å². The van der Waals surface area contributed by atoms with Gasteiger partial charge in [-0.05, 0) is 54.7 Å². The lowest BCUT2D eigenvalue weighted by Crippen LogP contribution is -2.34. The van der Waals surface area contributed by atoms with Crippen LogP contribution in [0.15, 0.2) is 71.5 Å². The molecule has 0 spiro atoms. The number of halogens is 1. The van der Waals surface area contributed by atoms with E-state index in [2.05, 4.69) is 22.5 Å². The zero-order valence-electron chi connectivity index (χ0n) is 20.5. The van der Waals surface area contributed by atoms with Crippen LogP contribution < -0.4 is 15.6 Å². The van der Waals surface area contributed by atoms with Gasteiger partial charge in [0.05, 0.1) is 23.9 Å². The number of aromatic nitrogens is 3. The molecule has 0 saturated heterocycles. The van der Waals surface area contributed by atoms with Gasteiger partial charge >= 0.3 is 0 Å². The van der Waals surface area contributed by atoms with Gasteiger partial charge in [0.15, 0.2) is 5.69 Å². The number of aryl methyl sites for hydroxylation is 2. The van der Waals surface area contributed by atoms with Crippen LogP contribution in [0.3, 0.4) is 0 Å². The molecule has 8 heteroatoms. The molecule has 6 rings (SSSR count). The summed E-state index contributed by atoms with van der Waals surface area (Å²) in [6, 6.07) is 20.7. The highest BCUT2D eigenvalue weighted by Crippen LogP contribution is 2.32. The second-order valence-corrected chi connectivity index (χ2v) is 9.71. The summed E-state index contributed by atoms with van der Waals surface area (Å²) in [6.45, 7) is 0. The monoisotopic (exact) mass is 512 g/mol. The lowest BCUT2D eigenvalue weighted by molar-refractivity contribution is 0.0928. The number of amides is 1. The van der Waals surface area contributed by atoms with E-state index in [1.807, 2.05) is 48.0 Å². The third-order valence-electron chi connectivity index (χ3n) is 7.21. The van der Waals surface area contributed by atoms with Gasteiger partial charge in [-0.15, -0.1) is 0 Å². The van der Waals surface area contributed by atoms with E-state index in [1.165, 1.54) is 17.4 Å². The van der Waals surface area contributed by atoms with Crippen LogP contribution in [-0.4, -0.2) is 27.4 Å². The Morgan fingerprint density at radius 3 is 2.70 bits per heavy atom. The maximum absolute atomic E-state index is 13.9. The van der Waals surface area contributed by atoms with Crippen molar-refractivity contribution >= 4 is 39.3 Å². The van der Waals surface area contributed by atoms with Crippen LogP contribution >= 0.6 is 11.6 Å². The van der Waals surface area contributed by atoms with Crippen molar-refractivity contribution in [3.63, 3.8) is 0 Å². The third-order valence-corrected chi connectivity index (χ3v) is 7.50. The molecule has 0 bridgehead atoms. The molecule has 0 aliphatic heterocycles. The van der Waals surface area contributed by atoms with E-state index < -0.39 is 0 Å². The first-order valence-electron chi connectivity index (χ1n) is 12.2. The van der Waals surface area contributed by atoms with Crippen molar-refractivity contribution in [2.75, 3.05) is 7.11 Å². The van der Waals surface area contributed by atoms with E-state index in [0.717, 1.165) is 35.7 Å². The van der Waals surface area contributed by atoms with E-state index in [1.54, 1.807) is 18.2 Å². The lowest BCUT2D eigenvalue weighted by Gasteiger charge is -2.26. The average molecular weight is 513 g/mol. The van der Waals surface area contributed by atoms with Gasteiger partial charge in [-0.2, -0.15) is 9.78 Å². The summed E-state index contributed by atoms with van der Waals surface area (Å²) >= 11 is 6.37. The largest absolute Gasteiger partial charge is 0.495 e. The molecule has 2 heterocycles. The molecule has 0 unspecified atom stereocenters. The van der Waals surface area contributed by atoms with Crippen molar-refractivity contribution in [3.8, 4) is 11.4 Å². The minimum absolute atomic E-state index is 0.125. The molecule has 186 valence electrons. The second kappa shape index (κ2) is 9.09. The number of carbonyl (C=O) groups excluding carboxylic acids is 1. The highest BCUT2D eigenvalue weighted by atomic mass is 35.5. The van der Waals surface area contributed by atoms with Crippen LogP contribution in [0.5, 0.6) is 5.75 Å². The molecular weight excluding hydrogens is 488 g/mol. The molecule has 1 aliphatic rings. The normalized spacial score (nSPS) is 15.1. The van der Waals surface area contributed by atoms with Gasteiger partial charge in [0.1, 0.15) is 11.3 Å². The quantitative estimate of drug-likeness (QED) is 0.352. The van der Waals surface area contributed by atoms with Crippen LogP contribution in [0.2, 0.25) is 5.02 Å². The van der Waals surface area contributed by atoms with Gasteiger partial charge in [-0.1, -0.05) is 54.1 Å².